The summed E-state index contributed by atoms with van der Waals surface area (Å²) < 4.78 is 0. The first-order valence-electron chi connectivity index (χ1n) is 5.34. The molecule has 0 spiro atoms. The molecule has 0 aliphatic carbocycles. The topological polar surface area (TPSA) is 91.8 Å². The number of aromatic nitrogens is 1. The largest absolute Gasteiger partial charge is 0.409 e. The molecule has 1 aliphatic rings. The Morgan fingerprint density at radius 1 is 1.76 bits per heavy atom. The van der Waals surface area contributed by atoms with Crippen molar-refractivity contribution < 1.29 is 10.0 Å². The fourth-order valence-electron chi connectivity index (χ4n) is 1.99. The molecular formula is C10H14N4O2S. The molecule has 3 N–H and O–H groups in total. The van der Waals surface area contributed by atoms with E-state index >= 15 is 0 Å². The first-order chi connectivity index (χ1) is 8.13. The van der Waals surface area contributed by atoms with Crippen molar-refractivity contribution in [3.63, 3.8) is 0 Å². The zero-order valence-corrected chi connectivity index (χ0v) is 10.3. The molecule has 17 heavy (non-hydrogen) atoms. The summed E-state index contributed by atoms with van der Waals surface area (Å²) >= 11 is 1.44. The molecule has 1 aromatic rings. The van der Waals surface area contributed by atoms with Gasteiger partial charge >= 0.3 is 0 Å². The Morgan fingerprint density at radius 2 is 2.53 bits per heavy atom. The van der Waals surface area contributed by atoms with Gasteiger partial charge in [0.1, 0.15) is 5.69 Å². The third kappa shape index (κ3) is 2.23. The van der Waals surface area contributed by atoms with E-state index in [1.807, 2.05) is 6.92 Å². The number of amides is 1. The molecule has 1 atom stereocenters. The van der Waals surface area contributed by atoms with Crippen LogP contribution in [-0.2, 0) is 0 Å². The monoisotopic (exact) mass is 254 g/mol. The van der Waals surface area contributed by atoms with Crippen molar-refractivity contribution in [1.29, 1.82) is 0 Å². The number of oxime groups is 1. The van der Waals surface area contributed by atoms with Crippen LogP contribution in [0.4, 0.5) is 0 Å². The number of hydrogen-bond donors (Lipinski definition) is 2. The number of thiazole rings is 1. The lowest BCUT2D eigenvalue weighted by atomic mass is 10.2. The maximum Gasteiger partial charge on any atom is 0.273 e. The average Bonchev–Trinajstić information content (AvgIpc) is 2.95. The SMILES string of the molecule is Cc1nc(C(=O)N2CCCC2C(N)=NO)cs1. The zero-order valence-electron chi connectivity index (χ0n) is 9.46. The molecule has 1 aromatic heterocycles. The molecule has 7 heteroatoms. The lowest BCUT2D eigenvalue weighted by molar-refractivity contribution is 0.0762. The van der Waals surface area contributed by atoms with Crippen LogP contribution in [0.1, 0.15) is 28.3 Å². The predicted octanol–water partition coefficient (Wildman–Crippen LogP) is 0.803. The number of hydrogen-bond acceptors (Lipinski definition) is 5. The highest BCUT2D eigenvalue weighted by atomic mass is 32.1. The number of aryl methyl sites for hydroxylation is 1. The molecule has 2 rings (SSSR count). The molecular weight excluding hydrogens is 240 g/mol. The van der Waals surface area contributed by atoms with Crippen molar-refractivity contribution in [1.82, 2.24) is 9.88 Å². The van der Waals surface area contributed by atoms with E-state index in [0.29, 0.717) is 12.2 Å². The second kappa shape index (κ2) is 4.70. The third-order valence-corrected chi connectivity index (χ3v) is 3.58. The van der Waals surface area contributed by atoms with Gasteiger partial charge in [0.15, 0.2) is 5.84 Å². The van der Waals surface area contributed by atoms with Crippen molar-refractivity contribution in [3.8, 4) is 0 Å². The molecule has 1 amide bonds. The lowest BCUT2D eigenvalue weighted by Gasteiger charge is -2.22. The number of likely N-dealkylation sites (tertiary alicyclic amines) is 1. The second-order valence-electron chi connectivity index (χ2n) is 3.93. The smallest absolute Gasteiger partial charge is 0.273 e. The highest BCUT2D eigenvalue weighted by Crippen LogP contribution is 2.21. The van der Waals surface area contributed by atoms with Gasteiger partial charge in [-0.15, -0.1) is 11.3 Å². The van der Waals surface area contributed by atoms with E-state index in [0.717, 1.165) is 17.8 Å². The predicted molar refractivity (Wildman–Crippen MR) is 64.3 cm³/mol. The van der Waals surface area contributed by atoms with Crippen LogP contribution >= 0.6 is 11.3 Å². The third-order valence-electron chi connectivity index (χ3n) is 2.81. The number of nitrogens with zero attached hydrogens (tertiary/aromatic N) is 3. The van der Waals surface area contributed by atoms with Crippen LogP contribution in [0.2, 0.25) is 0 Å². The van der Waals surface area contributed by atoms with Crippen LogP contribution in [0, 0.1) is 6.92 Å². The standard InChI is InChI=1S/C10H14N4O2S/c1-6-12-7(5-17-6)10(15)14-4-2-3-8(14)9(11)13-16/h5,8,16H,2-4H2,1H3,(H2,11,13). The van der Waals surface area contributed by atoms with Crippen molar-refractivity contribution in [3.05, 3.63) is 16.1 Å². The Morgan fingerprint density at radius 3 is 3.12 bits per heavy atom. The van der Waals surface area contributed by atoms with Crippen LogP contribution in [0.15, 0.2) is 10.5 Å². The highest BCUT2D eigenvalue weighted by Gasteiger charge is 2.33. The van der Waals surface area contributed by atoms with Crippen molar-refractivity contribution in [2.45, 2.75) is 25.8 Å². The summed E-state index contributed by atoms with van der Waals surface area (Å²) in [6.07, 6.45) is 1.58. The fourth-order valence-corrected chi connectivity index (χ4v) is 2.58. The average molecular weight is 254 g/mol. The van der Waals surface area contributed by atoms with Gasteiger partial charge in [-0.2, -0.15) is 0 Å². The van der Waals surface area contributed by atoms with Crippen LogP contribution in [-0.4, -0.2) is 39.4 Å². The lowest BCUT2D eigenvalue weighted by Crippen LogP contribution is -2.44. The van der Waals surface area contributed by atoms with Crippen molar-refractivity contribution in [2.75, 3.05) is 6.54 Å². The number of nitrogens with two attached hydrogens (primary N) is 1. The number of amidine groups is 1. The minimum atomic E-state index is -0.311. The van der Waals surface area contributed by atoms with Gasteiger partial charge in [-0.25, -0.2) is 4.98 Å². The molecule has 0 radical (unpaired) electrons. The molecule has 2 heterocycles. The van der Waals surface area contributed by atoms with Gasteiger partial charge < -0.3 is 15.8 Å². The maximum atomic E-state index is 12.2. The first kappa shape index (κ1) is 11.8. The van der Waals surface area contributed by atoms with E-state index in [2.05, 4.69) is 10.1 Å². The molecule has 1 unspecified atom stereocenters. The van der Waals surface area contributed by atoms with Crippen LogP contribution in [0.3, 0.4) is 0 Å². The molecule has 0 saturated carbocycles. The van der Waals surface area contributed by atoms with Crippen molar-refractivity contribution >= 4 is 23.1 Å². The van der Waals surface area contributed by atoms with E-state index in [-0.39, 0.29) is 17.8 Å². The Balaban J connectivity index is 2.19. The van der Waals surface area contributed by atoms with Gasteiger partial charge in [0.2, 0.25) is 0 Å². The van der Waals surface area contributed by atoms with Gasteiger partial charge in [-0.3, -0.25) is 4.79 Å². The Bertz CT molecular complexity index is 457. The van der Waals surface area contributed by atoms with Gasteiger partial charge in [0.05, 0.1) is 11.0 Å². The summed E-state index contributed by atoms with van der Waals surface area (Å²) in [5, 5.41) is 14.3. The van der Waals surface area contributed by atoms with Gasteiger partial charge in [0, 0.05) is 11.9 Å². The van der Waals surface area contributed by atoms with Crippen molar-refractivity contribution in [2.24, 2.45) is 10.9 Å². The number of carbonyl (C=O) groups excluding carboxylic acids is 1. The summed E-state index contributed by atoms with van der Waals surface area (Å²) in [7, 11) is 0. The minimum absolute atomic E-state index is 0.0859. The minimum Gasteiger partial charge on any atom is -0.409 e. The Kier molecular flexibility index (Phi) is 3.28. The maximum absolute atomic E-state index is 12.2. The summed E-state index contributed by atoms with van der Waals surface area (Å²) in [6.45, 7) is 2.47. The summed E-state index contributed by atoms with van der Waals surface area (Å²) in [5.41, 5.74) is 6.01. The molecule has 0 bridgehead atoms. The summed E-state index contributed by atoms with van der Waals surface area (Å²) in [6, 6.07) is -0.311. The zero-order chi connectivity index (χ0) is 12.4. The van der Waals surface area contributed by atoms with Gasteiger partial charge in [0.25, 0.3) is 5.91 Å². The molecule has 1 fully saturated rings. The molecule has 1 aliphatic heterocycles. The van der Waals surface area contributed by atoms with Crippen LogP contribution < -0.4 is 5.73 Å². The molecule has 6 nitrogen and oxygen atoms in total. The van der Waals surface area contributed by atoms with Crippen LogP contribution in [0.5, 0.6) is 0 Å². The Hall–Kier alpha value is -1.63. The van der Waals surface area contributed by atoms with Gasteiger partial charge in [-0.1, -0.05) is 5.16 Å². The molecule has 92 valence electrons. The first-order valence-corrected chi connectivity index (χ1v) is 6.22. The second-order valence-corrected chi connectivity index (χ2v) is 5.00. The Labute approximate surface area is 103 Å². The number of rotatable bonds is 2. The van der Waals surface area contributed by atoms with E-state index in [1.54, 1.807) is 10.3 Å². The van der Waals surface area contributed by atoms with E-state index in [9.17, 15) is 4.79 Å². The fraction of sp³-hybridized carbons (Fsp3) is 0.500. The highest BCUT2D eigenvalue weighted by molar-refractivity contribution is 7.09. The normalized spacial score (nSPS) is 20.9. The van der Waals surface area contributed by atoms with E-state index < -0.39 is 0 Å². The van der Waals surface area contributed by atoms with E-state index in [4.69, 9.17) is 10.9 Å². The van der Waals surface area contributed by atoms with Crippen LogP contribution in [0.25, 0.3) is 0 Å². The molecule has 1 saturated heterocycles. The summed E-state index contributed by atoms with van der Waals surface area (Å²) in [4.78, 5) is 17.9. The summed E-state index contributed by atoms with van der Waals surface area (Å²) in [5.74, 6) is -0.0637. The molecule has 0 aromatic carbocycles. The van der Waals surface area contributed by atoms with Gasteiger partial charge in [-0.05, 0) is 19.8 Å². The number of carbonyl (C=O) groups is 1. The van der Waals surface area contributed by atoms with E-state index in [1.165, 1.54) is 11.3 Å². The quantitative estimate of drug-likeness (QED) is 0.353.